The lowest BCUT2D eigenvalue weighted by molar-refractivity contribution is -0.127. The maximum atomic E-state index is 11.8. The average Bonchev–Trinajstić information content (AvgIpc) is 2.80. The van der Waals surface area contributed by atoms with Crippen molar-refractivity contribution in [1.29, 1.82) is 0 Å². The minimum absolute atomic E-state index is 0.338. The van der Waals surface area contributed by atoms with Gasteiger partial charge in [-0.3, -0.25) is 4.79 Å². The van der Waals surface area contributed by atoms with Gasteiger partial charge < -0.3 is 20.8 Å². The van der Waals surface area contributed by atoms with Crippen molar-refractivity contribution in [2.75, 3.05) is 0 Å². The molecule has 20 heavy (non-hydrogen) atoms. The fourth-order valence-corrected chi connectivity index (χ4v) is 2.02. The number of hydrogen-bond acceptors (Lipinski definition) is 3. The SMILES string of the molecule is CC(C)(N)C(=O)NC(C=O)Cc1c[nH]c2ccccc12. The Morgan fingerprint density at radius 2 is 2.15 bits per heavy atom. The summed E-state index contributed by atoms with van der Waals surface area (Å²) in [6.45, 7) is 3.21. The van der Waals surface area contributed by atoms with Crippen LogP contribution in [0.3, 0.4) is 0 Å². The van der Waals surface area contributed by atoms with E-state index in [1.54, 1.807) is 13.8 Å². The number of aromatic nitrogens is 1. The Morgan fingerprint density at radius 1 is 1.45 bits per heavy atom. The van der Waals surface area contributed by atoms with Gasteiger partial charge in [0.1, 0.15) is 6.29 Å². The molecule has 0 radical (unpaired) electrons. The summed E-state index contributed by atoms with van der Waals surface area (Å²) in [4.78, 5) is 26.1. The zero-order chi connectivity index (χ0) is 14.8. The first-order valence-corrected chi connectivity index (χ1v) is 6.52. The summed E-state index contributed by atoms with van der Waals surface area (Å²) in [6.07, 6.45) is 3.04. The lowest BCUT2D eigenvalue weighted by atomic mass is 10.0. The summed E-state index contributed by atoms with van der Waals surface area (Å²) in [6, 6.07) is 7.26. The number of hydrogen-bond donors (Lipinski definition) is 3. The van der Waals surface area contributed by atoms with Crippen LogP contribution in [0.1, 0.15) is 19.4 Å². The number of benzene rings is 1. The summed E-state index contributed by atoms with van der Waals surface area (Å²) in [5.74, 6) is -0.338. The molecule has 5 nitrogen and oxygen atoms in total. The second kappa shape index (κ2) is 5.46. The Labute approximate surface area is 117 Å². The molecule has 0 bridgehead atoms. The third-order valence-corrected chi connectivity index (χ3v) is 3.18. The number of aldehydes is 1. The monoisotopic (exact) mass is 273 g/mol. The molecule has 1 unspecified atom stereocenters. The van der Waals surface area contributed by atoms with Gasteiger partial charge in [0.2, 0.25) is 5.91 Å². The Morgan fingerprint density at radius 3 is 2.80 bits per heavy atom. The summed E-state index contributed by atoms with van der Waals surface area (Å²) in [7, 11) is 0. The van der Waals surface area contributed by atoms with E-state index in [4.69, 9.17) is 5.73 Å². The van der Waals surface area contributed by atoms with Crippen LogP contribution in [0.2, 0.25) is 0 Å². The lowest BCUT2D eigenvalue weighted by Gasteiger charge is -2.21. The molecule has 1 atom stereocenters. The van der Waals surface area contributed by atoms with Gasteiger partial charge in [-0.15, -0.1) is 0 Å². The van der Waals surface area contributed by atoms with Gasteiger partial charge in [0, 0.05) is 23.5 Å². The molecule has 0 aliphatic heterocycles. The molecule has 1 aromatic carbocycles. The lowest BCUT2D eigenvalue weighted by Crippen LogP contribution is -2.53. The zero-order valence-electron chi connectivity index (χ0n) is 11.6. The van der Waals surface area contributed by atoms with Crippen LogP contribution in [0.25, 0.3) is 10.9 Å². The number of para-hydroxylation sites is 1. The fraction of sp³-hybridized carbons (Fsp3) is 0.333. The standard InChI is InChI=1S/C15H19N3O2/c1-15(2,16)14(20)18-11(9-19)7-10-8-17-13-6-4-3-5-12(10)13/h3-6,8-9,11,17H,7,16H2,1-2H3,(H,18,20). The maximum Gasteiger partial charge on any atom is 0.240 e. The van der Waals surface area contributed by atoms with Crippen LogP contribution < -0.4 is 11.1 Å². The number of rotatable bonds is 5. The Kier molecular flexibility index (Phi) is 3.90. The molecule has 0 saturated carbocycles. The molecular weight excluding hydrogens is 254 g/mol. The largest absolute Gasteiger partial charge is 0.361 e. The van der Waals surface area contributed by atoms with Crippen molar-refractivity contribution < 1.29 is 9.59 Å². The van der Waals surface area contributed by atoms with Crippen LogP contribution in [0.5, 0.6) is 0 Å². The van der Waals surface area contributed by atoms with Crippen molar-refractivity contribution in [3.8, 4) is 0 Å². The van der Waals surface area contributed by atoms with E-state index >= 15 is 0 Å². The highest BCUT2D eigenvalue weighted by Gasteiger charge is 2.24. The van der Waals surface area contributed by atoms with E-state index in [9.17, 15) is 9.59 Å². The normalized spacial score (nSPS) is 13.2. The topological polar surface area (TPSA) is 88.0 Å². The zero-order valence-corrected chi connectivity index (χ0v) is 11.6. The van der Waals surface area contributed by atoms with Gasteiger partial charge in [0.05, 0.1) is 11.6 Å². The predicted molar refractivity (Wildman–Crippen MR) is 78.3 cm³/mol. The van der Waals surface area contributed by atoms with Gasteiger partial charge in [0.25, 0.3) is 0 Å². The van der Waals surface area contributed by atoms with Crippen molar-refractivity contribution in [2.45, 2.75) is 31.8 Å². The summed E-state index contributed by atoms with van der Waals surface area (Å²) < 4.78 is 0. The minimum Gasteiger partial charge on any atom is -0.361 e. The summed E-state index contributed by atoms with van der Waals surface area (Å²) >= 11 is 0. The average molecular weight is 273 g/mol. The number of aromatic amines is 1. The van der Waals surface area contributed by atoms with Crippen molar-refractivity contribution in [2.24, 2.45) is 5.73 Å². The number of nitrogens with one attached hydrogen (secondary N) is 2. The quantitative estimate of drug-likeness (QED) is 0.714. The van der Waals surface area contributed by atoms with Gasteiger partial charge in [-0.05, 0) is 25.5 Å². The third-order valence-electron chi connectivity index (χ3n) is 3.18. The van der Waals surface area contributed by atoms with Crippen LogP contribution in [0, 0.1) is 0 Å². The van der Waals surface area contributed by atoms with E-state index < -0.39 is 11.6 Å². The summed E-state index contributed by atoms with van der Waals surface area (Å²) in [5, 5.41) is 3.72. The molecule has 1 aromatic heterocycles. The van der Waals surface area contributed by atoms with Crippen LogP contribution in [0.15, 0.2) is 30.5 Å². The second-order valence-electron chi connectivity index (χ2n) is 5.50. The number of nitrogens with two attached hydrogens (primary N) is 1. The van der Waals surface area contributed by atoms with Crippen LogP contribution in [-0.4, -0.2) is 28.8 Å². The Balaban J connectivity index is 2.14. The molecule has 0 aliphatic rings. The number of fused-ring (bicyclic) bond motifs is 1. The van der Waals surface area contributed by atoms with Crippen LogP contribution >= 0.6 is 0 Å². The third kappa shape index (κ3) is 3.05. The van der Waals surface area contributed by atoms with Gasteiger partial charge >= 0.3 is 0 Å². The smallest absolute Gasteiger partial charge is 0.240 e. The molecule has 1 heterocycles. The molecular formula is C15H19N3O2. The van der Waals surface area contributed by atoms with Gasteiger partial charge in [-0.1, -0.05) is 18.2 Å². The van der Waals surface area contributed by atoms with Gasteiger partial charge in [0.15, 0.2) is 0 Å². The van der Waals surface area contributed by atoms with E-state index in [0.717, 1.165) is 22.8 Å². The van der Waals surface area contributed by atoms with E-state index in [0.29, 0.717) is 6.42 Å². The molecule has 0 aliphatic carbocycles. The second-order valence-corrected chi connectivity index (χ2v) is 5.50. The first-order valence-electron chi connectivity index (χ1n) is 6.52. The number of carbonyl (C=O) groups excluding carboxylic acids is 2. The predicted octanol–water partition coefficient (Wildman–Crippen LogP) is 1.13. The van der Waals surface area contributed by atoms with E-state index in [1.807, 2.05) is 30.5 Å². The van der Waals surface area contributed by atoms with Gasteiger partial charge in [-0.2, -0.15) is 0 Å². The van der Waals surface area contributed by atoms with Crippen molar-refractivity contribution in [1.82, 2.24) is 10.3 Å². The van der Waals surface area contributed by atoms with E-state index in [2.05, 4.69) is 10.3 Å². The first-order chi connectivity index (χ1) is 9.41. The van der Waals surface area contributed by atoms with Crippen molar-refractivity contribution >= 4 is 23.1 Å². The highest BCUT2D eigenvalue weighted by atomic mass is 16.2. The molecule has 0 spiro atoms. The number of H-pyrrole nitrogens is 1. The molecule has 2 aromatic rings. The Hall–Kier alpha value is -2.14. The number of amides is 1. The molecule has 0 saturated heterocycles. The highest BCUT2D eigenvalue weighted by Crippen LogP contribution is 2.18. The highest BCUT2D eigenvalue weighted by molar-refractivity contribution is 5.88. The molecule has 1 amide bonds. The first kappa shape index (κ1) is 14.3. The van der Waals surface area contributed by atoms with E-state index in [1.165, 1.54) is 0 Å². The maximum absolute atomic E-state index is 11.8. The summed E-state index contributed by atoms with van der Waals surface area (Å²) in [5.41, 5.74) is 6.72. The van der Waals surface area contributed by atoms with Crippen molar-refractivity contribution in [3.63, 3.8) is 0 Å². The Bertz CT molecular complexity index is 625. The molecule has 0 fully saturated rings. The minimum atomic E-state index is -0.999. The number of carbonyl (C=O) groups is 2. The van der Waals surface area contributed by atoms with Crippen LogP contribution in [-0.2, 0) is 16.0 Å². The molecule has 2 rings (SSSR count). The molecule has 5 heteroatoms. The molecule has 106 valence electrons. The fourth-order valence-electron chi connectivity index (χ4n) is 2.02. The van der Waals surface area contributed by atoms with Crippen LogP contribution in [0.4, 0.5) is 0 Å². The molecule has 4 N–H and O–H groups in total. The van der Waals surface area contributed by atoms with Gasteiger partial charge in [-0.25, -0.2) is 0 Å². The van der Waals surface area contributed by atoms with E-state index in [-0.39, 0.29) is 5.91 Å². The van der Waals surface area contributed by atoms with Crippen molar-refractivity contribution in [3.05, 3.63) is 36.0 Å².